The number of furan rings is 1. The van der Waals surface area contributed by atoms with Gasteiger partial charge in [0, 0.05) is 12.0 Å². The Bertz CT molecular complexity index is 557. The molecule has 2 nitrogen and oxygen atoms in total. The van der Waals surface area contributed by atoms with E-state index in [1.54, 1.807) is 13.3 Å². The molecule has 1 heterocycles. The molecule has 5 heteroatoms. The lowest BCUT2D eigenvalue weighted by Crippen LogP contribution is -2.18. The van der Waals surface area contributed by atoms with E-state index < -0.39 is 11.7 Å². The number of hydrogen-bond donors (Lipinski definition) is 1. The highest BCUT2D eigenvalue weighted by Gasteiger charge is 2.30. The molecule has 2 aromatic rings. The fraction of sp³-hybridized carbons (Fsp3) is 0.333. The van der Waals surface area contributed by atoms with Crippen molar-refractivity contribution in [3.8, 4) is 0 Å². The summed E-state index contributed by atoms with van der Waals surface area (Å²) in [5.41, 5.74) is 1.09. The molecule has 0 fully saturated rings. The number of halogens is 3. The third-order valence-electron chi connectivity index (χ3n) is 3.27. The Labute approximate surface area is 115 Å². The lowest BCUT2D eigenvalue weighted by atomic mass is 9.97. The van der Waals surface area contributed by atoms with Gasteiger partial charge in [-0.05, 0) is 30.8 Å². The molecular weight excluding hydrogens is 267 g/mol. The monoisotopic (exact) mass is 283 g/mol. The molecule has 0 aliphatic heterocycles. The Morgan fingerprint density at radius 1 is 1.15 bits per heavy atom. The molecule has 0 saturated carbocycles. The van der Waals surface area contributed by atoms with Crippen LogP contribution in [0, 0.1) is 0 Å². The predicted molar refractivity (Wildman–Crippen MR) is 70.4 cm³/mol. The minimum Gasteiger partial charge on any atom is -0.469 e. The van der Waals surface area contributed by atoms with Crippen LogP contribution >= 0.6 is 0 Å². The smallest absolute Gasteiger partial charge is 0.416 e. The number of benzene rings is 1. The molecule has 1 aromatic carbocycles. The van der Waals surface area contributed by atoms with Gasteiger partial charge in [0.1, 0.15) is 5.76 Å². The number of aryl methyl sites for hydroxylation is 1. The van der Waals surface area contributed by atoms with Gasteiger partial charge in [-0.3, -0.25) is 0 Å². The molecule has 1 N–H and O–H groups in total. The van der Waals surface area contributed by atoms with Crippen LogP contribution in [0.5, 0.6) is 0 Å². The molecule has 0 spiro atoms. The van der Waals surface area contributed by atoms with E-state index >= 15 is 0 Å². The molecular formula is C15H16F3NO. The largest absolute Gasteiger partial charge is 0.469 e. The molecule has 0 bridgehead atoms. The second-order valence-electron chi connectivity index (χ2n) is 4.49. The van der Waals surface area contributed by atoms with Crippen molar-refractivity contribution in [2.24, 2.45) is 0 Å². The Kier molecular flexibility index (Phi) is 4.18. The second-order valence-corrected chi connectivity index (χ2v) is 4.49. The summed E-state index contributed by atoms with van der Waals surface area (Å²) < 4.78 is 43.1. The van der Waals surface area contributed by atoms with Crippen molar-refractivity contribution >= 4 is 0 Å². The zero-order valence-electron chi connectivity index (χ0n) is 11.3. The summed E-state index contributed by atoms with van der Waals surface area (Å²) in [6, 6.07) is 6.87. The van der Waals surface area contributed by atoms with E-state index in [4.69, 9.17) is 4.42 Å². The number of nitrogens with one attached hydrogen (secondary N) is 1. The number of hydrogen-bond acceptors (Lipinski definition) is 2. The first-order chi connectivity index (χ1) is 9.47. The van der Waals surface area contributed by atoms with Crippen molar-refractivity contribution in [1.29, 1.82) is 0 Å². The van der Waals surface area contributed by atoms with Crippen LogP contribution in [0.2, 0.25) is 0 Å². The van der Waals surface area contributed by atoms with Gasteiger partial charge in [-0.2, -0.15) is 13.2 Å². The number of rotatable bonds is 4. The van der Waals surface area contributed by atoms with Crippen LogP contribution in [-0.2, 0) is 12.6 Å². The van der Waals surface area contributed by atoms with Crippen molar-refractivity contribution in [3.63, 3.8) is 0 Å². The van der Waals surface area contributed by atoms with Gasteiger partial charge in [0.15, 0.2) is 0 Å². The molecule has 20 heavy (non-hydrogen) atoms. The van der Waals surface area contributed by atoms with Crippen molar-refractivity contribution in [3.05, 3.63) is 59.0 Å². The Hall–Kier alpha value is -1.75. The Morgan fingerprint density at radius 3 is 2.30 bits per heavy atom. The zero-order chi connectivity index (χ0) is 14.8. The summed E-state index contributed by atoms with van der Waals surface area (Å²) >= 11 is 0. The topological polar surface area (TPSA) is 25.2 Å². The van der Waals surface area contributed by atoms with Crippen LogP contribution in [-0.4, -0.2) is 7.05 Å². The molecule has 1 atom stereocenters. The third kappa shape index (κ3) is 2.88. The normalized spacial score (nSPS) is 13.4. The Morgan fingerprint density at radius 2 is 1.80 bits per heavy atom. The van der Waals surface area contributed by atoms with E-state index in [1.165, 1.54) is 12.1 Å². The zero-order valence-corrected chi connectivity index (χ0v) is 11.3. The summed E-state index contributed by atoms with van der Waals surface area (Å²) in [5, 5.41) is 3.11. The van der Waals surface area contributed by atoms with Crippen molar-refractivity contribution < 1.29 is 17.6 Å². The third-order valence-corrected chi connectivity index (χ3v) is 3.27. The summed E-state index contributed by atoms with van der Waals surface area (Å²) in [4.78, 5) is 0. The standard InChI is InChI=1S/C15H16F3NO/c1-3-13-12(8-9-20-13)14(19-2)10-4-6-11(7-5-10)15(16,17)18/h4-9,14,19H,3H2,1-2H3. The molecule has 0 aliphatic carbocycles. The second kappa shape index (κ2) is 5.71. The highest BCUT2D eigenvalue weighted by molar-refractivity contribution is 5.35. The van der Waals surface area contributed by atoms with Crippen LogP contribution in [0.25, 0.3) is 0 Å². The lowest BCUT2D eigenvalue weighted by Gasteiger charge is -2.17. The maximum atomic E-state index is 12.6. The van der Waals surface area contributed by atoms with Gasteiger partial charge < -0.3 is 9.73 Å². The van der Waals surface area contributed by atoms with Crippen LogP contribution in [0.1, 0.15) is 35.4 Å². The fourth-order valence-electron chi connectivity index (χ4n) is 2.26. The highest BCUT2D eigenvalue weighted by Crippen LogP contribution is 2.31. The summed E-state index contributed by atoms with van der Waals surface area (Å²) in [6.45, 7) is 1.97. The van der Waals surface area contributed by atoms with Crippen LogP contribution in [0.4, 0.5) is 13.2 Å². The minimum absolute atomic E-state index is 0.175. The van der Waals surface area contributed by atoms with Gasteiger partial charge in [-0.1, -0.05) is 19.1 Å². The van der Waals surface area contributed by atoms with Gasteiger partial charge in [-0.15, -0.1) is 0 Å². The molecule has 1 aromatic heterocycles. The van der Waals surface area contributed by atoms with Crippen LogP contribution in [0.15, 0.2) is 41.0 Å². The summed E-state index contributed by atoms with van der Waals surface area (Å²) in [5.74, 6) is 0.837. The average molecular weight is 283 g/mol. The maximum Gasteiger partial charge on any atom is 0.416 e. The SMILES string of the molecule is CCc1occc1C(NC)c1ccc(C(F)(F)F)cc1. The van der Waals surface area contributed by atoms with Gasteiger partial charge in [0.25, 0.3) is 0 Å². The van der Waals surface area contributed by atoms with E-state index in [0.717, 1.165) is 35.4 Å². The number of alkyl halides is 3. The van der Waals surface area contributed by atoms with Crippen LogP contribution in [0.3, 0.4) is 0 Å². The highest BCUT2D eigenvalue weighted by atomic mass is 19.4. The average Bonchev–Trinajstić information content (AvgIpc) is 2.87. The van der Waals surface area contributed by atoms with Crippen molar-refractivity contribution in [2.75, 3.05) is 7.05 Å². The van der Waals surface area contributed by atoms with Crippen molar-refractivity contribution in [1.82, 2.24) is 5.32 Å². The van der Waals surface area contributed by atoms with Gasteiger partial charge in [0.2, 0.25) is 0 Å². The quantitative estimate of drug-likeness (QED) is 0.911. The van der Waals surface area contributed by atoms with Crippen LogP contribution < -0.4 is 5.32 Å². The molecule has 0 radical (unpaired) electrons. The van der Waals surface area contributed by atoms with E-state index in [1.807, 2.05) is 13.0 Å². The first-order valence-electron chi connectivity index (χ1n) is 6.38. The molecule has 1 unspecified atom stereocenters. The van der Waals surface area contributed by atoms with E-state index in [9.17, 15) is 13.2 Å². The Balaban J connectivity index is 2.33. The van der Waals surface area contributed by atoms with Gasteiger partial charge >= 0.3 is 6.18 Å². The van der Waals surface area contributed by atoms with Gasteiger partial charge in [0.05, 0.1) is 17.9 Å². The molecule has 108 valence electrons. The molecule has 0 amide bonds. The molecule has 0 saturated heterocycles. The summed E-state index contributed by atoms with van der Waals surface area (Å²) in [7, 11) is 1.77. The van der Waals surface area contributed by atoms with Gasteiger partial charge in [-0.25, -0.2) is 0 Å². The molecule has 0 aliphatic rings. The van der Waals surface area contributed by atoms with E-state index in [-0.39, 0.29) is 6.04 Å². The minimum atomic E-state index is -4.31. The lowest BCUT2D eigenvalue weighted by molar-refractivity contribution is -0.137. The van der Waals surface area contributed by atoms with E-state index in [0.29, 0.717) is 0 Å². The first kappa shape index (κ1) is 14.7. The predicted octanol–water partition coefficient (Wildman–Crippen LogP) is 4.17. The van der Waals surface area contributed by atoms with Crippen molar-refractivity contribution in [2.45, 2.75) is 25.6 Å². The first-order valence-corrected chi connectivity index (χ1v) is 6.38. The fourth-order valence-corrected chi connectivity index (χ4v) is 2.26. The molecule has 2 rings (SSSR count). The maximum absolute atomic E-state index is 12.6. The van der Waals surface area contributed by atoms with E-state index in [2.05, 4.69) is 5.32 Å². The summed E-state index contributed by atoms with van der Waals surface area (Å²) in [6.07, 6.45) is -1.97.